The van der Waals surface area contributed by atoms with Gasteiger partial charge in [-0.25, -0.2) is 0 Å². The maximum Gasteiger partial charge on any atom is 0.0544 e. The van der Waals surface area contributed by atoms with Crippen LogP contribution in [0.3, 0.4) is 0 Å². The Labute approximate surface area is 85.6 Å². The summed E-state index contributed by atoms with van der Waals surface area (Å²) in [5.41, 5.74) is 0.155. The molecule has 0 spiro atoms. The Morgan fingerprint density at radius 3 is 2.50 bits per heavy atom. The van der Waals surface area contributed by atoms with Gasteiger partial charge in [-0.05, 0) is 49.9 Å². The summed E-state index contributed by atoms with van der Waals surface area (Å²) in [6, 6.07) is 0. The van der Waals surface area contributed by atoms with Crippen molar-refractivity contribution in [3.8, 4) is 0 Å². The van der Waals surface area contributed by atoms with Crippen molar-refractivity contribution in [1.29, 1.82) is 0 Å². The van der Waals surface area contributed by atoms with Crippen molar-refractivity contribution in [3.63, 3.8) is 0 Å². The highest BCUT2D eigenvalue weighted by Crippen LogP contribution is 2.59. The van der Waals surface area contributed by atoms with Crippen LogP contribution in [0.1, 0.15) is 32.1 Å². The Kier molecular flexibility index (Phi) is 2.10. The molecule has 0 bridgehead atoms. The Bertz CT molecular complexity index is 212. The molecule has 0 heterocycles. The van der Waals surface area contributed by atoms with Crippen molar-refractivity contribution in [2.75, 3.05) is 19.8 Å². The smallest absolute Gasteiger partial charge is 0.0544 e. The van der Waals surface area contributed by atoms with Crippen molar-refractivity contribution < 1.29 is 9.84 Å². The van der Waals surface area contributed by atoms with Crippen LogP contribution in [0.2, 0.25) is 0 Å². The zero-order chi connectivity index (χ0) is 9.60. The second-order valence-corrected chi connectivity index (χ2v) is 5.78. The van der Waals surface area contributed by atoms with Crippen molar-refractivity contribution in [1.82, 2.24) is 0 Å². The number of hydrogen-bond donors (Lipinski definition) is 1. The Balaban J connectivity index is 1.47. The molecule has 0 radical (unpaired) electrons. The van der Waals surface area contributed by atoms with E-state index >= 15 is 0 Å². The third-order valence-electron chi connectivity index (χ3n) is 4.25. The number of fused-ring (bicyclic) bond motifs is 1. The van der Waals surface area contributed by atoms with Gasteiger partial charge in [-0.15, -0.1) is 0 Å². The highest BCUT2D eigenvalue weighted by molar-refractivity contribution is 5.03. The third-order valence-corrected chi connectivity index (χ3v) is 4.25. The molecule has 2 nitrogen and oxygen atoms in total. The SMILES string of the molecule is OCC1(COCC2CC2)CC2CC2C1. The molecule has 14 heavy (non-hydrogen) atoms. The van der Waals surface area contributed by atoms with E-state index in [2.05, 4.69) is 0 Å². The van der Waals surface area contributed by atoms with Crippen LogP contribution >= 0.6 is 0 Å². The minimum Gasteiger partial charge on any atom is -0.396 e. The molecule has 3 rings (SSSR count). The first-order valence-electron chi connectivity index (χ1n) is 6.00. The van der Waals surface area contributed by atoms with E-state index in [0.717, 1.165) is 31.0 Å². The molecule has 0 aromatic carbocycles. The summed E-state index contributed by atoms with van der Waals surface area (Å²) in [5.74, 6) is 2.72. The van der Waals surface area contributed by atoms with E-state index in [1.165, 1.54) is 32.1 Å². The first-order valence-corrected chi connectivity index (χ1v) is 6.00. The second kappa shape index (κ2) is 3.21. The van der Waals surface area contributed by atoms with E-state index in [1.807, 2.05) is 0 Å². The molecule has 80 valence electrons. The van der Waals surface area contributed by atoms with Gasteiger partial charge in [0.1, 0.15) is 0 Å². The summed E-state index contributed by atoms with van der Waals surface area (Å²) in [6.45, 7) is 2.09. The molecule has 0 amide bonds. The molecule has 2 unspecified atom stereocenters. The highest BCUT2D eigenvalue weighted by atomic mass is 16.5. The molecule has 0 saturated heterocycles. The predicted molar refractivity (Wildman–Crippen MR) is 53.9 cm³/mol. The highest BCUT2D eigenvalue weighted by Gasteiger charge is 2.53. The fourth-order valence-corrected chi connectivity index (χ4v) is 3.03. The lowest BCUT2D eigenvalue weighted by atomic mass is 9.85. The van der Waals surface area contributed by atoms with Crippen LogP contribution in [0.15, 0.2) is 0 Å². The minimum atomic E-state index is 0.155. The maximum atomic E-state index is 9.46. The van der Waals surface area contributed by atoms with Gasteiger partial charge in [-0.2, -0.15) is 0 Å². The zero-order valence-corrected chi connectivity index (χ0v) is 8.74. The van der Waals surface area contributed by atoms with Crippen LogP contribution < -0.4 is 0 Å². The van der Waals surface area contributed by atoms with Gasteiger partial charge in [-0.1, -0.05) is 0 Å². The Morgan fingerprint density at radius 1 is 1.21 bits per heavy atom. The molecule has 3 fully saturated rings. The minimum absolute atomic E-state index is 0.155. The van der Waals surface area contributed by atoms with Crippen LogP contribution in [-0.4, -0.2) is 24.9 Å². The summed E-state index contributed by atoms with van der Waals surface area (Å²) in [4.78, 5) is 0. The Morgan fingerprint density at radius 2 is 1.93 bits per heavy atom. The first kappa shape index (κ1) is 9.17. The molecule has 1 N–H and O–H groups in total. The number of aliphatic hydroxyl groups is 1. The summed E-state index contributed by atoms with van der Waals surface area (Å²) in [7, 11) is 0. The lowest BCUT2D eigenvalue weighted by Crippen LogP contribution is -2.30. The molecule has 2 heteroatoms. The molecule has 0 aromatic heterocycles. The normalized spacial score (nSPS) is 45.2. The van der Waals surface area contributed by atoms with E-state index in [1.54, 1.807) is 0 Å². The first-order chi connectivity index (χ1) is 6.81. The predicted octanol–water partition coefficient (Wildman–Crippen LogP) is 1.82. The average Bonchev–Trinajstić information content (AvgIpc) is 3.09. The molecule has 3 saturated carbocycles. The van der Waals surface area contributed by atoms with Gasteiger partial charge in [0.05, 0.1) is 13.2 Å². The fourth-order valence-electron chi connectivity index (χ4n) is 3.03. The lowest BCUT2D eigenvalue weighted by Gasteiger charge is -2.28. The maximum absolute atomic E-state index is 9.46. The van der Waals surface area contributed by atoms with Crippen molar-refractivity contribution >= 4 is 0 Å². The van der Waals surface area contributed by atoms with E-state index in [9.17, 15) is 5.11 Å². The van der Waals surface area contributed by atoms with Gasteiger partial charge in [0.25, 0.3) is 0 Å². The Hall–Kier alpha value is -0.0800. The largest absolute Gasteiger partial charge is 0.396 e. The van der Waals surface area contributed by atoms with Crippen molar-refractivity contribution in [3.05, 3.63) is 0 Å². The molecule has 3 aliphatic rings. The van der Waals surface area contributed by atoms with Gasteiger partial charge in [0.2, 0.25) is 0 Å². The van der Waals surface area contributed by atoms with Crippen LogP contribution in [0.5, 0.6) is 0 Å². The van der Waals surface area contributed by atoms with Crippen molar-refractivity contribution in [2.45, 2.75) is 32.1 Å². The molecular weight excluding hydrogens is 176 g/mol. The van der Waals surface area contributed by atoms with Crippen LogP contribution in [-0.2, 0) is 4.74 Å². The monoisotopic (exact) mass is 196 g/mol. The average molecular weight is 196 g/mol. The molecule has 0 aromatic rings. The number of ether oxygens (including phenoxy) is 1. The van der Waals surface area contributed by atoms with Crippen LogP contribution in [0.4, 0.5) is 0 Å². The van der Waals surface area contributed by atoms with E-state index in [4.69, 9.17) is 4.74 Å². The van der Waals surface area contributed by atoms with Crippen molar-refractivity contribution in [2.24, 2.45) is 23.2 Å². The van der Waals surface area contributed by atoms with Gasteiger partial charge in [0.15, 0.2) is 0 Å². The summed E-state index contributed by atoms with van der Waals surface area (Å²) in [5, 5.41) is 9.46. The second-order valence-electron chi connectivity index (χ2n) is 5.78. The fraction of sp³-hybridized carbons (Fsp3) is 1.00. The number of aliphatic hydroxyl groups excluding tert-OH is 1. The molecular formula is C12H20O2. The van der Waals surface area contributed by atoms with Gasteiger partial charge in [0, 0.05) is 12.0 Å². The topological polar surface area (TPSA) is 29.5 Å². The standard InChI is InChI=1S/C12H20O2/c13-7-12(4-10-3-11(10)5-12)8-14-6-9-1-2-9/h9-11,13H,1-8H2. The number of rotatable bonds is 5. The van der Waals surface area contributed by atoms with Gasteiger partial charge < -0.3 is 9.84 Å². The zero-order valence-electron chi connectivity index (χ0n) is 8.74. The van der Waals surface area contributed by atoms with Crippen LogP contribution in [0, 0.1) is 23.2 Å². The summed E-state index contributed by atoms with van der Waals surface area (Å²) in [6.07, 6.45) is 6.58. The molecule has 2 atom stereocenters. The third kappa shape index (κ3) is 1.70. The van der Waals surface area contributed by atoms with Crippen LogP contribution in [0.25, 0.3) is 0 Å². The van der Waals surface area contributed by atoms with Gasteiger partial charge >= 0.3 is 0 Å². The summed E-state index contributed by atoms with van der Waals surface area (Å²) >= 11 is 0. The summed E-state index contributed by atoms with van der Waals surface area (Å²) < 4.78 is 5.74. The number of hydrogen-bond acceptors (Lipinski definition) is 2. The van der Waals surface area contributed by atoms with E-state index in [-0.39, 0.29) is 5.41 Å². The van der Waals surface area contributed by atoms with E-state index in [0.29, 0.717) is 6.61 Å². The molecule has 3 aliphatic carbocycles. The lowest BCUT2D eigenvalue weighted by molar-refractivity contribution is -0.000790. The van der Waals surface area contributed by atoms with Gasteiger partial charge in [-0.3, -0.25) is 0 Å². The van der Waals surface area contributed by atoms with E-state index < -0.39 is 0 Å². The molecule has 0 aliphatic heterocycles. The quantitative estimate of drug-likeness (QED) is 0.727.